The topological polar surface area (TPSA) is 77.8 Å². The Labute approximate surface area is 181 Å². The molecule has 0 atom stereocenters. The fourth-order valence-corrected chi connectivity index (χ4v) is 4.22. The maximum Gasteiger partial charge on any atom is 0.164 e. The minimum atomic E-state index is 0.675. The van der Waals surface area contributed by atoms with Gasteiger partial charge in [0.2, 0.25) is 0 Å². The molecule has 0 saturated carbocycles. The van der Waals surface area contributed by atoms with Crippen molar-refractivity contribution in [2.45, 2.75) is 0 Å². The maximum atomic E-state index is 6.15. The van der Waals surface area contributed by atoms with E-state index in [1.807, 2.05) is 66.7 Å². The highest BCUT2D eigenvalue weighted by atomic mass is 16.3. The molecule has 150 valence electrons. The van der Waals surface area contributed by atoms with Crippen molar-refractivity contribution in [2.75, 3.05) is 0 Å². The molecule has 7 rings (SSSR count). The highest BCUT2D eigenvalue weighted by Gasteiger charge is 2.17. The van der Waals surface area contributed by atoms with Crippen LogP contribution in [0.4, 0.5) is 0 Å². The summed E-state index contributed by atoms with van der Waals surface area (Å²) < 4.78 is 12.3. The molecule has 6 heterocycles. The Morgan fingerprint density at radius 2 is 1.16 bits per heavy atom. The SMILES string of the molecule is c1cc(-c2ccnc3c2oc2ccccc23)nc(-c2ccnc3c2oc2cccnc23)c1. The number of benzene rings is 1. The Kier molecular flexibility index (Phi) is 3.46. The lowest BCUT2D eigenvalue weighted by Gasteiger charge is -2.06. The van der Waals surface area contributed by atoms with Crippen LogP contribution in [0, 0.1) is 0 Å². The number of rotatable bonds is 2. The summed E-state index contributed by atoms with van der Waals surface area (Å²) in [5, 5.41) is 0.992. The van der Waals surface area contributed by atoms with E-state index < -0.39 is 0 Å². The van der Waals surface area contributed by atoms with Gasteiger partial charge in [-0.15, -0.1) is 0 Å². The Hall–Kier alpha value is -4.58. The van der Waals surface area contributed by atoms with E-state index in [1.54, 1.807) is 18.6 Å². The molecule has 0 spiro atoms. The zero-order chi connectivity index (χ0) is 21.1. The first-order chi connectivity index (χ1) is 15.9. The van der Waals surface area contributed by atoms with Gasteiger partial charge in [0.1, 0.15) is 22.1 Å². The molecule has 0 radical (unpaired) electrons. The third kappa shape index (κ3) is 2.40. The van der Waals surface area contributed by atoms with Crippen LogP contribution < -0.4 is 0 Å². The van der Waals surface area contributed by atoms with E-state index in [9.17, 15) is 0 Å². The van der Waals surface area contributed by atoms with Crippen LogP contribution in [0.2, 0.25) is 0 Å². The number of furan rings is 2. The second kappa shape index (κ2) is 6.46. The lowest BCUT2D eigenvalue weighted by Crippen LogP contribution is -1.90. The standard InChI is InChI=1S/C26H14N4O2/c1-2-8-20-17(5-1)22-25(31-20)15(10-13-28-22)18-6-3-7-19(30-18)16-11-14-29-24-23-21(32-26(16)24)9-4-12-27-23/h1-14H. The molecule has 0 aliphatic heterocycles. The third-order valence-electron chi connectivity index (χ3n) is 5.67. The van der Waals surface area contributed by atoms with Crippen LogP contribution in [-0.2, 0) is 0 Å². The van der Waals surface area contributed by atoms with Crippen LogP contribution in [0.15, 0.2) is 94.2 Å². The molecule has 0 saturated heterocycles. The highest BCUT2D eigenvalue weighted by Crippen LogP contribution is 2.36. The molecule has 0 fully saturated rings. The molecule has 0 bridgehead atoms. The van der Waals surface area contributed by atoms with Gasteiger partial charge in [-0.3, -0.25) is 15.0 Å². The molecule has 6 heteroatoms. The van der Waals surface area contributed by atoms with Gasteiger partial charge >= 0.3 is 0 Å². The van der Waals surface area contributed by atoms with Gasteiger partial charge in [-0.2, -0.15) is 0 Å². The molecule has 1 aromatic carbocycles. The summed E-state index contributed by atoms with van der Waals surface area (Å²) in [7, 11) is 0. The summed E-state index contributed by atoms with van der Waals surface area (Å²) in [5.41, 5.74) is 8.58. The van der Waals surface area contributed by atoms with Crippen LogP contribution in [0.25, 0.3) is 66.8 Å². The first kappa shape index (κ1) is 17.1. The number of fused-ring (bicyclic) bond motifs is 6. The lowest BCUT2D eigenvalue weighted by molar-refractivity contribution is 0.668. The van der Waals surface area contributed by atoms with Crippen molar-refractivity contribution in [2.24, 2.45) is 0 Å². The Morgan fingerprint density at radius 3 is 2.00 bits per heavy atom. The Bertz CT molecular complexity index is 1670. The van der Waals surface area contributed by atoms with Gasteiger partial charge in [0.25, 0.3) is 0 Å². The van der Waals surface area contributed by atoms with Crippen molar-refractivity contribution in [3.63, 3.8) is 0 Å². The van der Waals surface area contributed by atoms with E-state index in [1.165, 1.54) is 0 Å². The third-order valence-corrected chi connectivity index (χ3v) is 5.67. The van der Waals surface area contributed by atoms with Crippen LogP contribution in [0.1, 0.15) is 0 Å². The Morgan fingerprint density at radius 1 is 0.500 bits per heavy atom. The van der Waals surface area contributed by atoms with E-state index in [2.05, 4.69) is 15.0 Å². The van der Waals surface area contributed by atoms with Crippen molar-refractivity contribution in [3.8, 4) is 22.5 Å². The first-order valence-electron chi connectivity index (χ1n) is 10.2. The van der Waals surface area contributed by atoms with Crippen molar-refractivity contribution < 1.29 is 8.83 Å². The average Bonchev–Trinajstić information content (AvgIpc) is 3.42. The number of hydrogen-bond acceptors (Lipinski definition) is 6. The van der Waals surface area contributed by atoms with Crippen molar-refractivity contribution in [1.29, 1.82) is 0 Å². The summed E-state index contributed by atoms with van der Waals surface area (Å²) >= 11 is 0. The highest BCUT2D eigenvalue weighted by molar-refractivity contribution is 6.07. The van der Waals surface area contributed by atoms with Gasteiger partial charge in [0.05, 0.1) is 11.4 Å². The number of pyridine rings is 4. The van der Waals surface area contributed by atoms with Gasteiger partial charge < -0.3 is 8.83 Å². The van der Waals surface area contributed by atoms with Crippen molar-refractivity contribution in [3.05, 3.63) is 85.3 Å². The van der Waals surface area contributed by atoms with Crippen LogP contribution in [0.5, 0.6) is 0 Å². The summed E-state index contributed by atoms with van der Waals surface area (Å²) in [4.78, 5) is 18.4. The first-order valence-corrected chi connectivity index (χ1v) is 10.2. The molecular formula is C26H14N4O2. The average molecular weight is 414 g/mol. The zero-order valence-electron chi connectivity index (χ0n) is 16.7. The Balaban J connectivity index is 1.45. The van der Waals surface area contributed by atoms with E-state index >= 15 is 0 Å². The number of nitrogens with zero attached hydrogens (tertiary/aromatic N) is 4. The van der Waals surface area contributed by atoms with Crippen molar-refractivity contribution >= 4 is 44.3 Å². The number of hydrogen-bond donors (Lipinski definition) is 0. The monoisotopic (exact) mass is 414 g/mol. The molecule has 6 aromatic heterocycles. The summed E-state index contributed by atoms with van der Waals surface area (Å²) in [6.45, 7) is 0. The second-order valence-electron chi connectivity index (χ2n) is 7.53. The quantitative estimate of drug-likeness (QED) is 0.326. The van der Waals surface area contributed by atoms with Gasteiger partial charge in [-0.1, -0.05) is 18.2 Å². The number of aromatic nitrogens is 4. The van der Waals surface area contributed by atoms with E-state index in [0.717, 1.165) is 55.6 Å². The molecule has 0 aliphatic rings. The van der Waals surface area contributed by atoms with Gasteiger partial charge in [-0.05, 0) is 48.5 Å². The van der Waals surface area contributed by atoms with Crippen LogP contribution in [-0.4, -0.2) is 19.9 Å². The summed E-state index contributed by atoms with van der Waals surface area (Å²) in [6, 6.07) is 21.4. The molecule has 0 N–H and O–H groups in total. The molecular weight excluding hydrogens is 400 g/mol. The smallest absolute Gasteiger partial charge is 0.164 e. The van der Waals surface area contributed by atoms with Gasteiger partial charge in [0, 0.05) is 35.1 Å². The maximum absolute atomic E-state index is 6.15. The zero-order valence-corrected chi connectivity index (χ0v) is 16.7. The minimum absolute atomic E-state index is 0.675. The van der Waals surface area contributed by atoms with Crippen LogP contribution >= 0.6 is 0 Å². The fraction of sp³-hybridized carbons (Fsp3) is 0. The predicted octanol–water partition coefficient (Wildman–Crippen LogP) is 6.40. The second-order valence-corrected chi connectivity index (χ2v) is 7.53. The molecule has 0 aliphatic carbocycles. The summed E-state index contributed by atoms with van der Waals surface area (Å²) in [5.74, 6) is 0. The lowest BCUT2D eigenvalue weighted by atomic mass is 10.1. The van der Waals surface area contributed by atoms with E-state index in [0.29, 0.717) is 11.2 Å². The molecule has 6 nitrogen and oxygen atoms in total. The van der Waals surface area contributed by atoms with Crippen molar-refractivity contribution in [1.82, 2.24) is 19.9 Å². The van der Waals surface area contributed by atoms with E-state index in [4.69, 9.17) is 13.8 Å². The largest absolute Gasteiger partial charge is 0.454 e. The molecule has 32 heavy (non-hydrogen) atoms. The summed E-state index contributed by atoms with van der Waals surface area (Å²) in [6.07, 6.45) is 5.30. The fourth-order valence-electron chi connectivity index (χ4n) is 4.22. The minimum Gasteiger partial charge on any atom is -0.454 e. The predicted molar refractivity (Wildman–Crippen MR) is 123 cm³/mol. The molecule has 0 amide bonds. The number of para-hydroxylation sites is 1. The molecule has 7 aromatic rings. The molecule has 0 unspecified atom stereocenters. The normalized spacial score (nSPS) is 11.8. The van der Waals surface area contributed by atoms with Gasteiger partial charge in [0.15, 0.2) is 16.7 Å². The van der Waals surface area contributed by atoms with E-state index in [-0.39, 0.29) is 0 Å². The van der Waals surface area contributed by atoms with Gasteiger partial charge in [-0.25, -0.2) is 4.98 Å². The van der Waals surface area contributed by atoms with Crippen LogP contribution in [0.3, 0.4) is 0 Å².